The molecule has 2 heterocycles. The molecule has 0 saturated carbocycles. The van der Waals surface area contributed by atoms with E-state index in [1.54, 1.807) is 57.0 Å². The summed E-state index contributed by atoms with van der Waals surface area (Å²) in [6.07, 6.45) is 0.00869. The van der Waals surface area contributed by atoms with Gasteiger partial charge in [-0.15, -0.1) is 0 Å². The second-order valence-corrected chi connectivity index (χ2v) is 12.9. The molecule has 1 fully saturated rings. The molecule has 2 aliphatic heterocycles. The fraction of sp³-hybridized carbons (Fsp3) is 0.485. The lowest BCUT2D eigenvalue weighted by Gasteiger charge is -2.41. The molecule has 4 amide bonds. The summed E-state index contributed by atoms with van der Waals surface area (Å²) >= 11 is 0. The van der Waals surface area contributed by atoms with Crippen LogP contribution in [0.1, 0.15) is 46.6 Å². The summed E-state index contributed by atoms with van der Waals surface area (Å²) in [5, 5.41) is 11.2. The number of hydrogen-bond acceptors (Lipinski definition) is 8. The van der Waals surface area contributed by atoms with Gasteiger partial charge >= 0.3 is 6.09 Å². The minimum Gasteiger partial charge on any atom is -0.497 e. The van der Waals surface area contributed by atoms with Crippen molar-refractivity contribution in [3.05, 3.63) is 60.2 Å². The van der Waals surface area contributed by atoms with Crippen LogP contribution in [0.4, 0.5) is 4.79 Å². The van der Waals surface area contributed by atoms with Crippen molar-refractivity contribution < 1.29 is 33.4 Å². The average Bonchev–Trinajstić information content (AvgIpc) is 3.22. The molecule has 4 rings (SSSR count). The highest BCUT2D eigenvalue weighted by Gasteiger charge is 2.54. The quantitative estimate of drug-likeness (QED) is 0.416. The van der Waals surface area contributed by atoms with Gasteiger partial charge in [0.1, 0.15) is 40.7 Å². The van der Waals surface area contributed by atoms with Crippen LogP contribution in [0, 0.1) is 5.41 Å². The van der Waals surface area contributed by atoms with E-state index in [0.29, 0.717) is 30.9 Å². The molecule has 0 radical (unpaired) electrons. The maximum atomic E-state index is 14.2. The van der Waals surface area contributed by atoms with Crippen LogP contribution in [0.2, 0.25) is 0 Å². The molecule has 2 N–H and O–H groups in total. The third-order valence-electron chi connectivity index (χ3n) is 7.71. The molecule has 0 bridgehead atoms. The minimum atomic E-state index is -1.43. The van der Waals surface area contributed by atoms with Crippen LogP contribution in [-0.2, 0) is 25.5 Å². The summed E-state index contributed by atoms with van der Waals surface area (Å²) in [5.74, 6) is -0.218. The van der Waals surface area contributed by atoms with Gasteiger partial charge in [-0.05, 0) is 58.7 Å². The number of benzene rings is 2. The Balaban J connectivity index is 1.58. The molecule has 0 aliphatic carbocycles. The molecule has 12 nitrogen and oxygen atoms in total. The first-order valence-corrected chi connectivity index (χ1v) is 14.9. The van der Waals surface area contributed by atoms with Crippen molar-refractivity contribution in [3.63, 3.8) is 0 Å². The highest BCUT2D eigenvalue weighted by Crippen LogP contribution is 2.38. The molecule has 242 valence electrons. The summed E-state index contributed by atoms with van der Waals surface area (Å²) < 4.78 is 16.6. The van der Waals surface area contributed by atoms with E-state index in [1.807, 2.05) is 30.3 Å². The van der Waals surface area contributed by atoms with Gasteiger partial charge in [0.2, 0.25) is 11.8 Å². The second kappa shape index (κ2) is 13.2. The molecule has 45 heavy (non-hydrogen) atoms. The normalized spacial score (nSPS) is 18.8. The molecule has 2 aromatic carbocycles. The molecular weight excluding hydrogens is 578 g/mol. The fourth-order valence-electron chi connectivity index (χ4n) is 5.44. The van der Waals surface area contributed by atoms with Gasteiger partial charge in [-0.3, -0.25) is 14.4 Å². The number of fused-ring (bicyclic) bond motifs is 1. The van der Waals surface area contributed by atoms with Gasteiger partial charge in [0.05, 0.1) is 12.8 Å². The molecule has 12 heteroatoms. The topological polar surface area (TPSA) is 139 Å². The van der Waals surface area contributed by atoms with Gasteiger partial charge in [-0.25, -0.2) is 9.80 Å². The third kappa shape index (κ3) is 7.92. The predicted octanol–water partition coefficient (Wildman–Crippen LogP) is 3.15. The number of piperidine rings is 1. The fourth-order valence-corrected chi connectivity index (χ4v) is 5.44. The maximum absolute atomic E-state index is 14.2. The molecule has 0 spiro atoms. The van der Waals surface area contributed by atoms with E-state index in [-0.39, 0.29) is 19.1 Å². The number of carbonyl (C=O) groups excluding carboxylic acids is 4. The van der Waals surface area contributed by atoms with Crippen LogP contribution in [0.15, 0.2) is 59.7 Å². The summed E-state index contributed by atoms with van der Waals surface area (Å²) in [7, 11) is 3.16. The second-order valence-electron chi connectivity index (χ2n) is 12.9. The third-order valence-corrected chi connectivity index (χ3v) is 7.71. The molecule has 2 aromatic rings. The zero-order valence-electron chi connectivity index (χ0n) is 27.0. The Labute approximate surface area is 264 Å². The highest BCUT2D eigenvalue weighted by atomic mass is 16.6. The minimum absolute atomic E-state index is 0.0911. The van der Waals surface area contributed by atoms with E-state index in [1.165, 1.54) is 26.0 Å². The summed E-state index contributed by atoms with van der Waals surface area (Å²) in [6.45, 7) is 8.37. The van der Waals surface area contributed by atoms with E-state index >= 15 is 0 Å². The Morgan fingerprint density at radius 3 is 2.38 bits per heavy atom. The monoisotopic (exact) mass is 621 g/mol. The molecule has 2 aliphatic rings. The number of hydrogen-bond donors (Lipinski definition) is 2. The van der Waals surface area contributed by atoms with E-state index < -0.39 is 40.5 Å². The Hall–Kier alpha value is -4.61. The van der Waals surface area contributed by atoms with Crippen LogP contribution >= 0.6 is 0 Å². The van der Waals surface area contributed by atoms with Gasteiger partial charge in [-0.2, -0.15) is 5.10 Å². The highest BCUT2D eigenvalue weighted by molar-refractivity contribution is 6.13. The number of ether oxygens (including phenoxy) is 3. The molecule has 0 unspecified atom stereocenters. The summed E-state index contributed by atoms with van der Waals surface area (Å²) in [4.78, 5) is 55.5. The molecule has 1 saturated heterocycles. The number of hydrazone groups is 1. The number of likely N-dealkylation sites (tertiary alicyclic amines) is 1. The maximum Gasteiger partial charge on any atom is 0.408 e. The Morgan fingerprint density at radius 2 is 1.71 bits per heavy atom. The number of alkyl carbamates (subject to hydrolysis) is 1. The lowest BCUT2D eigenvalue weighted by atomic mass is 9.73. The lowest BCUT2D eigenvalue weighted by molar-refractivity contribution is -0.143. The van der Waals surface area contributed by atoms with Crippen molar-refractivity contribution in [1.82, 2.24) is 20.5 Å². The summed E-state index contributed by atoms with van der Waals surface area (Å²) in [6, 6.07) is 15.4. The van der Waals surface area contributed by atoms with Crippen molar-refractivity contribution in [2.75, 3.05) is 33.9 Å². The number of methoxy groups -OCH3 is 1. The number of rotatable bonds is 10. The van der Waals surface area contributed by atoms with Crippen LogP contribution < -0.4 is 20.1 Å². The van der Waals surface area contributed by atoms with Crippen molar-refractivity contribution in [3.8, 4) is 11.5 Å². The van der Waals surface area contributed by atoms with Crippen LogP contribution in [-0.4, -0.2) is 90.5 Å². The SMILES string of the molecule is COc1cccc(OC[C@@H](NC(=O)C(C)(C)NC(=O)OC(C)(C)C)C(=O)N2CCC3=NN(C)C(=O)[C@]3(Cc3ccccc3)C2)c1. The van der Waals surface area contributed by atoms with Crippen molar-refractivity contribution >= 4 is 29.5 Å². The van der Waals surface area contributed by atoms with Gasteiger partial charge in [0.15, 0.2) is 0 Å². The summed E-state index contributed by atoms with van der Waals surface area (Å²) in [5.41, 5.74) is -1.54. The van der Waals surface area contributed by atoms with E-state index in [2.05, 4.69) is 15.7 Å². The first-order chi connectivity index (χ1) is 21.1. The van der Waals surface area contributed by atoms with Crippen LogP contribution in [0.3, 0.4) is 0 Å². The van der Waals surface area contributed by atoms with Crippen molar-refractivity contribution in [2.45, 2.75) is 64.6 Å². The van der Waals surface area contributed by atoms with E-state index in [0.717, 1.165) is 11.3 Å². The molecule has 0 aromatic heterocycles. The molecular formula is C33H43N5O7. The van der Waals surface area contributed by atoms with Gasteiger partial charge in [0.25, 0.3) is 5.91 Å². The Bertz CT molecular complexity index is 1450. The van der Waals surface area contributed by atoms with E-state index in [4.69, 9.17) is 14.2 Å². The first-order valence-electron chi connectivity index (χ1n) is 14.9. The number of nitrogens with zero attached hydrogens (tertiary/aromatic N) is 3. The van der Waals surface area contributed by atoms with Crippen molar-refractivity contribution in [2.24, 2.45) is 10.5 Å². The lowest BCUT2D eigenvalue weighted by Crippen LogP contribution is -2.63. The average molecular weight is 622 g/mol. The van der Waals surface area contributed by atoms with Gasteiger partial charge in [0, 0.05) is 32.6 Å². The standard InChI is InChI=1S/C33H43N5O7/c1-31(2,3)45-30(42)35-32(4,5)28(40)34-25(20-44-24-15-11-14-23(18-24)43-7)27(39)38-17-16-26-33(21-38,29(41)37(6)36-26)19-22-12-9-8-10-13-22/h8-15,18,25H,16-17,19-21H2,1-7H3,(H,34,40)(H,35,42)/t25-,33-/m1/s1. The number of carbonyl (C=O) groups is 4. The zero-order chi connectivity index (χ0) is 33.0. The smallest absolute Gasteiger partial charge is 0.408 e. The Morgan fingerprint density at radius 1 is 1.02 bits per heavy atom. The predicted molar refractivity (Wildman–Crippen MR) is 168 cm³/mol. The largest absolute Gasteiger partial charge is 0.497 e. The van der Waals surface area contributed by atoms with Crippen LogP contribution in [0.5, 0.6) is 11.5 Å². The van der Waals surface area contributed by atoms with Crippen molar-refractivity contribution in [1.29, 1.82) is 0 Å². The van der Waals surface area contributed by atoms with Gasteiger partial charge < -0.3 is 29.7 Å². The zero-order valence-corrected chi connectivity index (χ0v) is 27.0. The van der Waals surface area contributed by atoms with E-state index in [9.17, 15) is 19.2 Å². The number of nitrogens with one attached hydrogen (secondary N) is 2. The first kappa shape index (κ1) is 33.3. The van der Waals surface area contributed by atoms with Gasteiger partial charge in [-0.1, -0.05) is 36.4 Å². The Kier molecular flexibility index (Phi) is 9.74. The van der Waals surface area contributed by atoms with Crippen LogP contribution in [0.25, 0.3) is 0 Å². The molecule has 2 atom stereocenters. The number of amides is 4.